The standard InChI is InChI=1S/C13H23N3O/c1-10-13(11-5-8-17-9-6-11)12(4-7-14-2)15-16(10)3/h11,14H,4-9H2,1-3H3. The molecule has 2 rings (SSSR count). The minimum atomic E-state index is 0.643. The summed E-state index contributed by atoms with van der Waals surface area (Å²) >= 11 is 0. The minimum absolute atomic E-state index is 0.643. The highest BCUT2D eigenvalue weighted by Crippen LogP contribution is 2.31. The smallest absolute Gasteiger partial charge is 0.0674 e. The minimum Gasteiger partial charge on any atom is -0.381 e. The number of rotatable bonds is 4. The molecule has 1 N–H and O–H groups in total. The fraction of sp³-hybridized carbons (Fsp3) is 0.769. The Kier molecular flexibility index (Phi) is 4.18. The van der Waals surface area contributed by atoms with Crippen LogP contribution < -0.4 is 5.32 Å². The van der Waals surface area contributed by atoms with Crippen molar-refractivity contribution in [1.82, 2.24) is 15.1 Å². The van der Waals surface area contributed by atoms with Crippen molar-refractivity contribution >= 4 is 0 Å². The second-order valence-electron chi connectivity index (χ2n) is 4.81. The van der Waals surface area contributed by atoms with Crippen LogP contribution in [0.5, 0.6) is 0 Å². The Hall–Kier alpha value is -0.870. The highest BCUT2D eigenvalue weighted by atomic mass is 16.5. The van der Waals surface area contributed by atoms with Crippen molar-refractivity contribution in [3.05, 3.63) is 17.0 Å². The third-order valence-corrected chi connectivity index (χ3v) is 3.70. The lowest BCUT2D eigenvalue weighted by atomic mass is 9.89. The zero-order chi connectivity index (χ0) is 12.3. The van der Waals surface area contributed by atoms with Gasteiger partial charge in [-0.2, -0.15) is 5.10 Å². The predicted molar refractivity (Wildman–Crippen MR) is 68.4 cm³/mol. The molecular formula is C13H23N3O. The molecule has 0 atom stereocenters. The van der Waals surface area contributed by atoms with Crippen LogP contribution in [-0.4, -0.2) is 36.6 Å². The van der Waals surface area contributed by atoms with Crippen molar-refractivity contribution in [3.63, 3.8) is 0 Å². The molecule has 0 saturated carbocycles. The Morgan fingerprint density at radius 2 is 2.12 bits per heavy atom. The van der Waals surface area contributed by atoms with Gasteiger partial charge >= 0.3 is 0 Å². The summed E-state index contributed by atoms with van der Waals surface area (Å²) in [7, 11) is 4.03. The summed E-state index contributed by atoms with van der Waals surface area (Å²) in [4.78, 5) is 0. The molecule has 4 nitrogen and oxygen atoms in total. The van der Waals surface area contributed by atoms with Gasteiger partial charge in [0.1, 0.15) is 0 Å². The second-order valence-corrected chi connectivity index (χ2v) is 4.81. The molecule has 0 radical (unpaired) electrons. The molecule has 0 aliphatic carbocycles. The van der Waals surface area contributed by atoms with Gasteiger partial charge in [0, 0.05) is 38.9 Å². The van der Waals surface area contributed by atoms with E-state index in [0.29, 0.717) is 5.92 Å². The van der Waals surface area contributed by atoms with Gasteiger partial charge in [0.25, 0.3) is 0 Å². The van der Waals surface area contributed by atoms with Crippen LogP contribution >= 0.6 is 0 Å². The van der Waals surface area contributed by atoms with Crippen molar-refractivity contribution in [2.75, 3.05) is 26.8 Å². The third-order valence-electron chi connectivity index (χ3n) is 3.70. The number of hydrogen-bond donors (Lipinski definition) is 1. The van der Waals surface area contributed by atoms with Crippen LogP contribution in [0.15, 0.2) is 0 Å². The Bertz CT molecular complexity index is 367. The summed E-state index contributed by atoms with van der Waals surface area (Å²) in [6.07, 6.45) is 3.29. The molecule has 96 valence electrons. The van der Waals surface area contributed by atoms with E-state index in [4.69, 9.17) is 4.74 Å². The van der Waals surface area contributed by atoms with E-state index in [0.717, 1.165) is 39.0 Å². The number of aromatic nitrogens is 2. The maximum absolute atomic E-state index is 5.45. The summed E-state index contributed by atoms with van der Waals surface area (Å²) in [6, 6.07) is 0. The van der Waals surface area contributed by atoms with Crippen LogP contribution in [0.1, 0.15) is 35.7 Å². The van der Waals surface area contributed by atoms with Crippen molar-refractivity contribution < 1.29 is 4.74 Å². The third kappa shape index (κ3) is 2.69. The molecule has 1 aromatic heterocycles. The molecular weight excluding hydrogens is 214 g/mol. The van der Waals surface area contributed by atoms with E-state index in [1.54, 1.807) is 0 Å². The largest absolute Gasteiger partial charge is 0.381 e. The lowest BCUT2D eigenvalue weighted by Gasteiger charge is -2.23. The Balaban J connectivity index is 2.22. The molecule has 0 unspecified atom stereocenters. The van der Waals surface area contributed by atoms with Gasteiger partial charge in [-0.15, -0.1) is 0 Å². The first kappa shape index (κ1) is 12.6. The first-order valence-electron chi connectivity index (χ1n) is 6.48. The average Bonchev–Trinajstić information content (AvgIpc) is 2.64. The van der Waals surface area contributed by atoms with Crippen LogP contribution in [0.25, 0.3) is 0 Å². The molecule has 1 fully saturated rings. The number of hydrogen-bond acceptors (Lipinski definition) is 3. The quantitative estimate of drug-likeness (QED) is 0.860. The van der Waals surface area contributed by atoms with Crippen LogP contribution in [0.3, 0.4) is 0 Å². The molecule has 1 saturated heterocycles. The zero-order valence-corrected chi connectivity index (χ0v) is 11.1. The van der Waals surface area contributed by atoms with Gasteiger partial charge in [-0.25, -0.2) is 0 Å². The lowest BCUT2D eigenvalue weighted by molar-refractivity contribution is 0.0850. The molecule has 0 amide bonds. The first-order chi connectivity index (χ1) is 8.24. The highest BCUT2D eigenvalue weighted by molar-refractivity contribution is 5.30. The van der Waals surface area contributed by atoms with E-state index in [2.05, 4.69) is 17.3 Å². The van der Waals surface area contributed by atoms with E-state index >= 15 is 0 Å². The van der Waals surface area contributed by atoms with Crippen molar-refractivity contribution in [3.8, 4) is 0 Å². The second kappa shape index (κ2) is 5.65. The van der Waals surface area contributed by atoms with E-state index in [-0.39, 0.29) is 0 Å². The van der Waals surface area contributed by atoms with Gasteiger partial charge in [-0.3, -0.25) is 4.68 Å². The van der Waals surface area contributed by atoms with Crippen molar-refractivity contribution in [2.24, 2.45) is 7.05 Å². The molecule has 17 heavy (non-hydrogen) atoms. The molecule has 0 aromatic carbocycles. The Morgan fingerprint density at radius 1 is 1.41 bits per heavy atom. The molecule has 4 heteroatoms. The van der Waals surface area contributed by atoms with Crippen LogP contribution in [0.2, 0.25) is 0 Å². The molecule has 0 spiro atoms. The summed E-state index contributed by atoms with van der Waals surface area (Å²) in [5, 5.41) is 7.86. The first-order valence-corrected chi connectivity index (χ1v) is 6.48. The summed E-state index contributed by atoms with van der Waals surface area (Å²) in [5.74, 6) is 0.643. The van der Waals surface area contributed by atoms with E-state index in [1.807, 2.05) is 18.8 Å². The topological polar surface area (TPSA) is 39.1 Å². The van der Waals surface area contributed by atoms with Crippen molar-refractivity contribution in [1.29, 1.82) is 0 Å². The Labute approximate surface area is 103 Å². The molecule has 2 heterocycles. The van der Waals surface area contributed by atoms with Gasteiger partial charge in [0.15, 0.2) is 0 Å². The maximum Gasteiger partial charge on any atom is 0.0674 e. The van der Waals surface area contributed by atoms with Crippen molar-refractivity contribution in [2.45, 2.75) is 32.1 Å². The van der Waals surface area contributed by atoms with Gasteiger partial charge in [-0.05, 0) is 38.3 Å². The SMILES string of the molecule is CNCCc1nn(C)c(C)c1C1CCOCC1. The normalized spacial score (nSPS) is 17.6. The molecule has 1 aromatic rings. The fourth-order valence-electron chi connectivity index (χ4n) is 2.64. The molecule has 1 aliphatic rings. The lowest BCUT2D eigenvalue weighted by Crippen LogP contribution is -2.17. The van der Waals surface area contributed by atoms with Crippen LogP contribution in [-0.2, 0) is 18.2 Å². The monoisotopic (exact) mass is 237 g/mol. The van der Waals surface area contributed by atoms with E-state index in [9.17, 15) is 0 Å². The van der Waals surface area contributed by atoms with Gasteiger partial charge in [0.05, 0.1) is 5.69 Å². The number of nitrogens with zero attached hydrogens (tertiary/aromatic N) is 2. The van der Waals surface area contributed by atoms with Crippen LogP contribution in [0, 0.1) is 6.92 Å². The van der Waals surface area contributed by atoms with Gasteiger partial charge in [0.2, 0.25) is 0 Å². The fourth-order valence-corrected chi connectivity index (χ4v) is 2.64. The molecule has 1 aliphatic heterocycles. The van der Waals surface area contributed by atoms with E-state index < -0.39 is 0 Å². The number of aryl methyl sites for hydroxylation is 1. The summed E-state index contributed by atoms with van der Waals surface area (Å²) in [5.41, 5.74) is 4.07. The zero-order valence-electron chi connectivity index (χ0n) is 11.1. The summed E-state index contributed by atoms with van der Waals surface area (Å²) in [6.45, 7) is 4.96. The predicted octanol–water partition coefficient (Wildman–Crippen LogP) is 1.38. The Morgan fingerprint density at radius 3 is 2.76 bits per heavy atom. The number of likely N-dealkylation sites (N-methyl/N-ethyl adjacent to an activating group) is 1. The maximum atomic E-state index is 5.45. The highest BCUT2D eigenvalue weighted by Gasteiger charge is 2.23. The number of ether oxygens (including phenoxy) is 1. The molecule has 0 bridgehead atoms. The summed E-state index contributed by atoms with van der Waals surface area (Å²) < 4.78 is 7.47. The van der Waals surface area contributed by atoms with Gasteiger partial charge in [-0.1, -0.05) is 0 Å². The van der Waals surface area contributed by atoms with Crippen LogP contribution in [0.4, 0.5) is 0 Å². The van der Waals surface area contributed by atoms with E-state index in [1.165, 1.54) is 17.0 Å². The van der Waals surface area contributed by atoms with Gasteiger partial charge < -0.3 is 10.1 Å². The number of nitrogens with one attached hydrogen (secondary N) is 1. The average molecular weight is 237 g/mol.